The van der Waals surface area contributed by atoms with Crippen LogP contribution < -0.4 is 14.8 Å². The molecule has 0 spiro atoms. The number of carbonyl (C=O) groups is 2. The molecule has 0 fully saturated rings. The van der Waals surface area contributed by atoms with Crippen LogP contribution in [-0.4, -0.2) is 30.9 Å². The molecule has 1 aliphatic heterocycles. The highest BCUT2D eigenvalue weighted by molar-refractivity contribution is 6.37. The van der Waals surface area contributed by atoms with Gasteiger partial charge in [0, 0.05) is 16.8 Å². The second kappa shape index (κ2) is 9.20. The number of nitrogens with zero attached hydrogens (tertiary/aromatic N) is 1. The smallest absolute Gasteiger partial charge is 0.278 e. The van der Waals surface area contributed by atoms with Crippen LogP contribution in [0.2, 0.25) is 0 Å². The fraction of sp³-hybridized carbons (Fsp3) is 0.185. The van der Waals surface area contributed by atoms with E-state index in [1.807, 2.05) is 68.4 Å². The molecule has 0 saturated carbocycles. The van der Waals surface area contributed by atoms with Crippen molar-refractivity contribution in [1.29, 1.82) is 0 Å². The highest BCUT2D eigenvalue weighted by Crippen LogP contribution is 2.37. The molecule has 6 heteroatoms. The first-order chi connectivity index (χ1) is 15.9. The van der Waals surface area contributed by atoms with Gasteiger partial charge < -0.3 is 14.8 Å². The minimum Gasteiger partial charge on any atom is -0.496 e. The predicted molar refractivity (Wildman–Crippen MR) is 128 cm³/mol. The molecule has 4 rings (SSSR count). The van der Waals surface area contributed by atoms with Gasteiger partial charge in [-0.2, -0.15) is 0 Å². The van der Waals surface area contributed by atoms with E-state index in [4.69, 9.17) is 9.47 Å². The van der Waals surface area contributed by atoms with Crippen LogP contribution in [0.15, 0.2) is 72.4 Å². The van der Waals surface area contributed by atoms with E-state index in [0.29, 0.717) is 17.1 Å². The number of hydrogen-bond acceptors (Lipinski definition) is 5. The van der Waals surface area contributed by atoms with Crippen molar-refractivity contribution in [2.24, 2.45) is 0 Å². The van der Waals surface area contributed by atoms with Crippen LogP contribution in [0.4, 0.5) is 5.69 Å². The molecule has 1 heterocycles. The molecule has 3 aromatic carbocycles. The van der Waals surface area contributed by atoms with Crippen molar-refractivity contribution in [3.05, 3.63) is 94.7 Å². The third-order valence-corrected chi connectivity index (χ3v) is 5.72. The largest absolute Gasteiger partial charge is 0.496 e. The Balaban J connectivity index is 1.82. The van der Waals surface area contributed by atoms with Crippen molar-refractivity contribution in [2.45, 2.75) is 20.4 Å². The normalized spacial score (nSPS) is 13.5. The Morgan fingerprint density at radius 3 is 2.21 bits per heavy atom. The summed E-state index contributed by atoms with van der Waals surface area (Å²) >= 11 is 0. The first-order valence-corrected chi connectivity index (χ1v) is 10.6. The summed E-state index contributed by atoms with van der Waals surface area (Å²) in [7, 11) is 3.11. The number of methoxy groups -OCH3 is 2. The number of ether oxygens (including phenoxy) is 2. The van der Waals surface area contributed by atoms with Gasteiger partial charge in [-0.3, -0.25) is 14.5 Å². The molecule has 0 bridgehead atoms. The third kappa shape index (κ3) is 4.20. The summed E-state index contributed by atoms with van der Waals surface area (Å²) < 4.78 is 10.9. The van der Waals surface area contributed by atoms with Gasteiger partial charge in [-0.25, -0.2) is 0 Å². The molecule has 0 aliphatic carbocycles. The highest BCUT2D eigenvalue weighted by Gasteiger charge is 2.40. The minimum absolute atomic E-state index is 0.0955. The molecule has 0 aromatic heterocycles. The topological polar surface area (TPSA) is 67.9 Å². The van der Waals surface area contributed by atoms with E-state index in [0.717, 1.165) is 22.4 Å². The number of rotatable bonds is 7. The van der Waals surface area contributed by atoms with E-state index < -0.39 is 5.91 Å². The predicted octanol–water partition coefficient (Wildman–Crippen LogP) is 4.71. The van der Waals surface area contributed by atoms with Crippen molar-refractivity contribution in [3.63, 3.8) is 0 Å². The standard InChI is InChI=1S/C27H26N2O4/c1-17-13-14-18(2)21(15-17)28-25-24(20-10-6-8-12-23(20)33-4)26(30)29(27(25)31)16-19-9-5-7-11-22(19)32-3/h5-15,28H,16H2,1-4H3. The molecule has 1 aliphatic rings. The van der Waals surface area contributed by atoms with Gasteiger partial charge in [0.25, 0.3) is 11.8 Å². The quantitative estimate of drug-likeness (QED) is 0.537. The number of amides is 2. The fourth-order valence-electron chi connectivity index (χ4n) is 3.95. The number of imide groups is 1. The average molecular weight is 443 g/mol. The van der Waals surface area contributed by atoms with Crippen molar-refractivity contribution in [3.8, 4) is 11.5 Å². The van der Waals surface area contributed by atoms with Crippen LogP contribution in [0.25, 0.3) is 5.57 Å². The van der Waals surface area contributed by atoms with Crippen molar-refractivity contribution < 1.29 is 19.1 Å². The number of nitrogens with one attached hydrogen (secondary N) is 1. The summed E-state index contributed by atoms with van der Waals surface area (Å²) in [6.07, 6.45) is 0. The summed E-state index contributed by atoms with van der Waals surface area (Å²) in [6.45, 7) is 4.03. The lowest BCUT2D eigenvalue weighted by atomic mass is 10.0. The number of hydrogen-bond donors (Lipinski definition) is 1. The van der Waals surface area contributed by atoms with Crippen molar-refractivity contribution in [2.75, 3.05) is 19.5 Å². The van der Waals surface area contributed by atoms with Crippen LogP contribution >= 0.6 is 0 Å². The molecule has 2 amide bonds. The highest BCUT2D eigenvalue weighted by atomic mass is 16.5. The zero-order chi connectivity index (χ0) is 23.5. The van der Waals surface area contributed by atoms with Crippen LogP contribution in [0.3, 0.4) is 0 Å². The maximum atomic E-state index is 13.7. The van der Waals surface area contributed by atoms with Gasteiger partial charge in [-0.15, -0.1) is 0 Å². The molecule has 0 saturated heterocycles. The first-order valence-electron chi connectivity index (χ1n) is 10.6. The van der Waals surface area contributed by atoms with Crippen LogP contribution in [0.1, 0.15) is 22.3 Å². The molecule has 168 valence electrons. The molecule has 0 radical (unpaired) electrons. The lowest BCUT2D eigenvalue weighted by Crippen LogP contribution is -2.32. The van der Waals surface area contributed by atoms with Crippen molar-refractivity contribution >= 4 is 23.1 Å². The molecule has 0 atom stereocenters. The minimum atomic E-state index is -0.396. The Labute approximate surface area is 193 Å². The van der Waals surface area contributed by atoms with Gasteiger partial charge in [-0.1, -0.05) is 48.5 Å². The average Bonchev–Trinajstić information content (AvgIpc) is 3.05. The number of anilines is 1. The number of carbonyl (C=O) groups excluding carboxylic acids is 2. The van der Waals surface area contributed by atoms with Crippen LogP contribution in [0.5, 0.6) is 11.5 Å². The maximum Gasteiger partial charge on any atom is 0.278 e. The molecular formula is C27H26N2O4. The van der Waals surface area contributed by atoms with E-state index >= 15 is 0 Å². The summed E-state index contributed by atoms with van der Waals surface area (Å²) in [5, 5.41) is 3.26. The van der Waals surface area contributed by atoms with Gasteiger partial charge in [0.15, 0.2) is 0 Å². The van der Waals surface area contributed by atoms with Gasteiger partial charge >= 0.3 is 0 Å². The van der Waals surface area contributed by atoms with E-state index in [-0.39, 0.29) is 23.7 Å². The Morgan fingerprint density at radius 1 is 0.818 bits per heavy atom. The maximum absolute atomic E-state index is 13.7. The Kier molecular flexibility index (Phi) is 6.18. The monoisotopic (exact) mass is 442 g/mol. The summed E-state index contributed by atoms with van der Waals surface area (Å²) in [5.41, 5.74) is 4.61. The number of para-hydroxylation sites is 2. The Morgan fingerprint density at radius 2 is 1.48 bits per heavy atom. The number of aryl methyl sites for hydroxylation is 2. The third-order valence-electron chi connectivity index (χ3n) is 5.72. The zero-order valence-electron chi connectivity index (χ0n) is 19.1. The molecule has 1 N–H and O–H groups in total. The van der Waals surface area contributed by atoms with Gasteiger partial charge in [0.2, 0.25) is 0 Å². The SMILES string of the molecule is COc1ccccc1CN1C(=O)C(Nc2cc(C)ccc2C)=C(c2ccccc2OC)C1=O. The molecule has 0 unspecified atom stereocenters. The van der Waals surface area contributed by atoms with Crippen LogP contribution in [0, 0.1) is 13.8 Å². The molecule has 3 aromatic rings. The van der Waals surface area contributed by atoms with Gasteiger partial charge in [0.1, 0.15) is 17.2 Å². The van der Waals surface area contributed by atoms with E-state index in [1.165, 1.54) is 4.90 Å². The van der Waals surface area contributed by atoms with Crippen molar-refractivity contribution in [1.82, 2.24) is 4.90 Å². The number of benzene rings is 3. The van der Waals surface area contributed by atoms with Crippen LogP contribution in [-0.2, 0) is 16.1 Å². The lowest BCUT2D eigenvalue weighted by molar-refractivity contribution is -0.137. The van der Waals surface area contributed by atoms with E-state index in [9.17, 15) is 9.59 Å². The van der Waals surface area contributed by atoms with Gasteiger partial charge in [0.05, 0.1) is 26.3 Å². The first kappa shape index (κ1) is 22.1. The molecule has 6 nitrogen and oxygen atoms in total. The summed E-state index contributed by atoms with van der Waals surface area (Å²) in [5.74, 6) is 0.358. The summed E-state index contributed by atoms with van der Waals surface area (Å²) in [4.78, 5) is 28.5. The molecular weight excluding hydrogens is 416 g/mol. The zero-order valence-corrected chi connectivity index (χ0v) is 19.1. The second-order valence-electron chi connectivity index (χ2n) is 7.90. The van der Waals surface area contributed by atoms with E-state index in [2.05, 4.69) is 5.32 Å². The lowest BCUT2D eigenvalue weighted by Gasteiger charge is -2.17. The summed E-state index contributed by atoms with van der Waals surface area (Å²) in [6, 6.07) is 20.5. The Hall–Kier alpha value is -4.06. The fourth-order valence-corrected chi connectivity index (χ4v) is 3.95. The van der Waals surface area contributed by atoms with Gasteiger partial charge in [-0.05, 0) is 43.2 Å². The second-order valence-corrected chi connectivity index (χ2v) is 7.90. The Bertz CT molecular complexity index is 1260. The molecule has 33 heavy (non-hydrogen) atoms. The van der Waals surface area contributed by atoms with E-state index in [1.54, 1.807) is 26.4 Å².